The number of hydrogen-bond acceptors (Lipinski definition) is 9. The number of fused-ring (bicyclic) bond motifs is 1. The van der Waals surface area contributed by atoms with Gasteiger partial charge in [-0.15, -0.1) is 0 Å². The fourth-order valence-electron chi connectivity index (χ4n) is 5.62. The Morgan fingerprint density at radius 3 is 2.33 bits per heavy atom. The van der Waals surface area contributed by atoms with Gasteiger partial charge in [0.25, 0.3) is 0 Å². The average Bonchev–Trinajstić information content (AvgIpc) is 3.86. The van der Waals surface area contributed by atoms with E-state index in [1.54, 1.807) is 17.0 Å². The van der Waals surface area contributed by atoms with Crippen molar-refractivity contribution in [1.29, 1.82) is 0 Å². The molecule has 1 N–H and O–H groups in total. The lowest BCUT2D eigenvalue weighted by Crippen LogP contribution is -2.53. The van der Waals surface area contributed by atoms with Gasteiger partial charge in [-0.2, -0.15) is 0 Å². The molecule has 1 atom stereocenters. The van der Waals surface area contributed by atoms with Gasteiger partial charge in [-0.3, -0.25) is 9.59 Å². The topological polar surface area (TPSA) is 120 Å². The Morgan fingerprint density at radius 1 is 0.935 bits per heavy atom. The maximum Gasteiger partial charge on any atom is 0.415 e. The molecule has 2 fully saturated rings. The minimum absolute atomic E-state index is 0.0319. The van der Waals surface area contributed by atoms with Crippen LogP contribution in [-0.2, 0) is 22.4 Å². The van der Waals surface area contributed by atoms with Crippen LogP contribution in [0.4, 0.5) is 13.6 Å². The SMILES string of the molecule is COc1cc2c(Oc3ccc(CC(=O)C4(C(=O)Cc5ccc(F)cc5)CC4)cc3F)ncnc2cc1OC(=O)N1CCNC[C@H]1C. The highest BCUT2D eigenvalue weighted by Gasteiger charge is 2.54. The zero-order chi connectivity index (χ0) is 32.4. The molecule has 1 aliphatic carbocycles. The standard InChI is InChI=1S/C34H32F2N4O6/c1-20-18-37-11-12-40(20)33(43)46-29-17-26-24(16-28(29)44-2)32(39-19-38-26)45-27-8-5-22(13-25(27)36)15-31(42)34(9-10-34)30(41)14-21-3-6-23(35)7-4-21/h3-8,13,16-17,19-20,37H,9-12,14-15,18H2,1-2H3/t20-/m1/s1. The summed E-state index contributed by atoms with van der Waals surface area (Å²) in [6, 6.07) is 12.8. The lowest BCUT2D eigenvalue weighted by molar-refractivity contribution is -0.133. The van der Waals surface area contributed by atoms with Crippen molar-refractivity contribution in [2.75, 3.05) is 26.7 Å². The summed E-state index contributed by atoms with van der Waals surface area (Å²) in [6.45, 7) is 3.75. The van der Waals surface area contributed by atoms with Gasteiger partial charge in [0.05, 0.1) is 23.4 Å². The summed E-state index contributed by atoms with van der Waals surface area (Å²) in [4.78, 5) is 49.1. The maximum absolute atomic E-state index is 15.3. The number of carbonyl (C=O) groups is 3. The molecule has 0 unspecified atom stereocenters. The molecule has 1 amide bonds. The lowest BCUT2D eigenvalue weighted by Gasteiger charge is -2.33. The molecule has 2 aliphatic rings. The number of piperazine rings is 1. The Hall–Kier alpha value is -4.97. The van der Waals surface area contributed by atoms with Crippen LogP contribution in [0.25, 0.3) is 10.9 Å². The number of halogens is 2. The Bertz CT molecular complexity index is 1810. The molecule has 10 nitrogen and oxygen atoms in total. The number of hydrogen-bond donors (Lipinski definition) is 1. The van der Waals surface area contributed by atoms with Gasteiger partial charge in [-0.1, -0.05) is 18.2 Å². The number of Topliss-reactive ketones (excluding diaryl/α,β-unsaturated/α-hetero) is 2. The molecule has 238 valence electrons. The highest BCUT2D eigenvalue weighted by molar-refractivity contribution is 6.11. The fraction of sp³-hybridized carbons (Fsp3) is 0.324. The monoisotopic (exact) mass is 630 g/mol. The molecule has 1 aromatic heterocycles. The predicted octanol–water partition coefficient (Wildman–Crippen LogP) is 5.21. The van der Waals surface area contributed by atoms with Crippen molar-refractivity contribution in [2.24, 2.45) is 5.41 Å². The van der Waals surface area contributed by atoms with Gasteiger partial charge in [0, 0.05) is 44.6 Å². The minimum Gasteiger partial charge on any atom is -0.493 e. The lowest BCUT2D eigenvalue weighted by atomic mass is 9.88. The highest BCUT2D eigenvalue weighted by Crippen LogP contribution is 2.49. The number of methoxy groups -OCH3 is 1. The van der Waals surface area contributed by atoms with Crippen LogP contribution in [0.1, 0.15) is 30.9 Å². The summed E-state index contributed by atoms with van der Waals surface area (Å²) in [5, 5.41) is 3.62. The summed E-state index contributed by atoms with van der Waals surface area (Å²) in [7, 11) is 1.43. The molecule has 4 aromatic rings. The molecule has 0 bridgehead atoms. The summed E-state index contributed by atoms with van der Waals surface area (Å²) in [6.07, 6.45) is 1.53. The molecular weight excluding hydrogens is 598 g/mol. The van der Waals surface area contributed by atoms with Crippen molar-refractivity contribution in [3.05, 3.63) is 83.7 Å². The number of nitrogens with zero attached hydrogens (tertiary/aromatic N) is 3. The number of carbonyl (C=O) groups excluding carboxylic acids is 3. The third-order valence-electron chi connectivity index (χ3n) is 8.48. The minimum atomic E-state index is -1.09. The second-order valence-electron chi connectivity index (χ2n) is 11.6. The summed E-state index contributed by atoms with van der Waals surface area (Å²) >= 11 is 0. The van der Waals surface area contributed by atoms with E-state index in [4.69, 9.17) is 14.2 Å². The van der Waals surface area contributed by atoms with Gasteiger partial charge in [0.15, 0.2) is 34.6 Å². The summed E-state index contributed by atoms with van der Waals surface area (Å²) in [5.74, 6) is -1.29. The smallest absolute Gasteiger partial charge is 0.415 e. The molecule has 12 heteroatoms. The van der Waals surface area contributed by atoms with E-state index in [1.165, 1.54) is 55.9 Å². The number of benzene rings is 3. The van der Waals surface area contributed by atoms with Gasteiger partial charge >= 0.3 is 6.09 Å². The zero-order valence-electron chi connectivity index (χ0n) is 25.3. The van der Waals surface area contributed by atoms with Crippen LogP contribution in [0.2, 0.25) is 0 Å². The third kappa shape index (κ3) is 6.38. The highest BCUT2D eigenvalue weighted by atomic mass is 19.1. The summed E-state index contributed by atoms with van der Waals surface area (Å²) in [5.41, 5.74) is 0.324. The molecule has 2 heterocycles. The second-order valence-corrected chi connectivity index (χ2v) is 11.6. The number of amides is 1. The molecule has 46 heavy (non-hydrogen) atoms. The van der Waals surface area contributed by atoms with Gasteiger partial charge in [0.2, 0.25) is 5.88 Å². The normalized spacial score (nSPS) is 17.0. The maximum atomic E-state index is 15.3. The van der Waals surface area contributed by atoms with Crippen molar-refractivity contribution < 1.29 is 37.4 Å². The van der Waals surface area contributed by atoms with Gasteiger partial charge in [-0.05, 0) is 61.2 Å². The van der Waals surface area contributed by atoms with Crippen LogP contribution in [0, 0.1) is 17.0 Å². The quantitative estimate of drug-likeness (QED) is 0.236. The van der Waals surface area contributed by atoms with Gasteiger partial charge in [0.1, 0.15) is 12.1 Å². The number of aromatic nitrogens is 2. The number of ether oxygens (including phenoxy) is 3. The number of nitrogens with one attached hydrogen (secondary N) is 1. The zero-order valence-corrected chi connectivity index (χ0v) is 25.3. The fourth-order valence-corrected chi connectivity index (χ4v) is 5.62. The van der Waals surface area contributed by atoms with E-state index in [9.17, 15) is 18.8 Å². The molecule has 1 saturated heterocycles. The van der Waals surface area contributed by atoms with E-state index in [1.807, 2.05) is 6.92 Å². The van der Waals surface area contributed by atoms with Gasteiger partial charge < -0.3 is 24.4 Å². The van der Waals surface area contributed by atoms with Crippen molar-refractivity contribution in [3.63, 3.8) is 0 Å². The van der Waals surface area contributed by atoms with Crippen LogP contribution in [0.3, 0.4) is 0 Å². The van der Waals surface area contributed by atoms with Crippen molar-refractivity contribution in [3.8, 4) is 23.1 Å². The summed E-state index contributed by atoms with van der Waals surface area (Å²) < 4.78 is 45.5. The largest absolute Gasteiger partial charge is 0.493 e. The van der Waals surface area contributed by atoms with E-state index in [-0.39, 0.29) is 53.6 Å². The molecule has 1 aliphatic heterocycles. The first-order valence-corrected chi connectivity index (χ1v) is 15.0. The van der Waals surface area contributed by atoms with Crippen LogP contribution >= 0.6 is 0 Å². The van der Waals surface area contributed by atoms with E-state index >= 15 is 4.39 Å². The number of rotatable bonds is 10. The van der Waals surface area contributed by atoms with Crippen LogP contribution in [0.15, 0.2) is 60.9 Å². The molecular formula is C34H32F2N4O6. The molecule has 0 spiro atoms. The van der Waals surface area contributed by atoms with Gasteiger partial charge in [-0.25, -0.2) is 23.5 Å². The third-order valence-corrected chi connectivity index (χ3v) is 8.48. The molecule has 6 rings (SSSR count). The van der Waals surface area contributed by atoms with E-state index in [0.717, 1.165) is 0 Å². The Kier molecular flexibility index (Phi) is 8.63. The average molecular weight is 631 g/mol. The molecule has 0 radical (unpaired) electrons. The van der Waals surface area contributed by atoms with Crippen LogP contribution in [-0.4, -0.2) is 65.3 Å². The van der Waals surface area contributed by atoms with E-state index in [2.05, 4.69) is 15.3 Å². The first kappa shape index (κ1) is 31.0. The van der Waals surface area contributed by atoms with E-state index < -0.39 is 23.1 Å². The number of ketones is 2. The van der Waals surface area contributed by atoms with E-state index in [0.29, 0.717) is 54.5 Å². The van der Waals surface area contributed by atoms with Crippen LogP contribution in [0.5, 0.6) is 23.1 Å². The molecule has 1 saturated carbocycles. The first-order valence-electron chi connectivity index (χ1n) is 15.0. The van der Waals surface area contributed by atoms with Crippen molar-refractivity contribution in [1.82, 2.24) is 20.2 Å². The van der Waals surface area contributed by atoms with Crippen LogP contribution < -0.4 is 19.5 Å². The Balaban J connectivity index is 1.16. The molecule has 3 aromatic carbocycles. The van der Waals surface area contributed by atoms with Crippen molar-refractivity contribution in [2.45, 2.75) is 38.6 Å². The van der Waals surface area contributed by atoms with Crippen molar-refractivity contribution >= 4 is 28.6 Å². The predicted molar refractivity (Wildman–Crippen MR) is 163 cm³/mol. The first-order chi connectivity index (χ1) is 22.2. The Morgan fingerprint density at radius 2 is 1.65 bits per heavy atom. The second kappa shape index (κ2) is 12.8. The Labute approximate surface area is 263 Å².